The minimum absolute atomic E-state index is 0.119. The summed E-state index contributed by atoms with van der Waals surface area (Å²) in [5.74, 6) is 0.00881. The first-order valence-electron chi connectivity index (χ1n) is 14.5. The molecule has 1 amide bonds. The van der Waals surface area contributed by atoms with E-state index in [0.29, 0.717) is 53.8 Å². The maximum Gasteiger partial charge on any atom is 0.305 e. The fourth-order valence-electron chi connectivity index (χ4n) is 4.83. The molecule has 0 radical (unpaired) electrons. The Bertz CT molecular complexity index is 1660. The van der Waals surface area contributed by atoms with Gasteiger partial charge in [-0.05, 0) is 87.0 Å². The van der Waals surface area contributed by atoms with E-state index in [1.807, 2.05) is 64.1 Å². The number of unbranched alkanes of at least 4 members (excludes halogenated alkanes) is 2. The number of ether oxygens (including phenoxy) is 1. The number of carbonyl (C=O) groups is 2. The second kappa shape index (κ2) is 12.3. The summed E-state index contributed by atoms with van der Waals surface area (Å²) in [5.41, 5.74) is 5.74. The highest BCUT2D eigenvalue weighted by Crippen LogP contribution is 2.42. The van der Waals surface area contributed by atoms with E-state index in [2.05, 4.69) is 4.99 Å². The lowest BCUT2D eigenvalue weighted by molar-refractivity contribution is -0.140. The molecule has 0 saturated heterocycles. The predicted octanol–water partition coefficient (Wildman–Crippen LogP) is 6.86. The number of amides is 1. The first-order valence-corrected chi connectivity index (χ1v) is 13.5. The Morgan fingerprint density at radius 3 is 2.51 bits per heavy atom. The average Bonchev–Trinajstić information content (AvgIpc) is 2.96. The van der Waals surface area contributed by atoms with Gasteiger partial charge in [-0.15, -0.1) is 0 Å². The number of benzene rings is 3. The quantitative estimate of drug-likeness (QED) is 0.135. The van der Waals surface area contributed by atoms with Crippen LogP contribution in [-0.2, 0) is 9.53 Å². The van der Waals surface area contributed by atoms with E-state index in [9.17, 15) is 9.59 Å². The van der Waals surface area contributed by atoms with Gasteiger partial charge in [0, 0.05) is 54.7 Å². The van der Waals surface area contributed by atoms with Crippen molar-refractivity contribution in [2.45, 2.75) is 53.4 Å². The van der Waals surface area contributed by atoms with Crippen molar-refractivity contribution in [3.05, 3.63) is 76.1 Å². The van der Waals surface area contributed by atoms with Gasteiger partial charge in [-0.1, -0.05) is 24.6 Å². The lowest BCUT2D eigenvalue weighted by Crippen LogP contribution is -2.28. The van der Waals surface area contributed by atoms with Gasteiger partial charge in [0.15, 0.2) is 0 Å². The lowest BCUT2D eigenvalue weighted by Gasteiger charge is -2.22. The van der Waals surface area contributed by atoms with Gasteiger partial charge in [0.05, 0.1) is 15.2 Å². The van der Waals surface area contributed by atoms with E-state index in [1.54, 1.807) is 11.9 Å². The molecule has 0 aromatic heterocycles. The van der Waals surface area contributed by atoms with Crippen LogP contribution in [0.1, 0.15) is 62.4 Å². The van der Waals surface area contributed by atoms with Crippen molar-refractivity contribution in [2.24, 2.45) is 4.99 Å². The van der Waals surface area contributed by atoms with E-state index in [4.69, 9.17) is 11.9 Å². The zero-order valence-electron chi connectivity index (χ0n) is 25.7. The van der Waals surface area contributed by atoms with Crippen molar-refractivity contribution >= 4 is 22.8 Å². The Labute approximate surface area is 233 Å². The second-order valence-electron chi connectivity index (χ2n) is 9.97. The summed E-state index contributed by atoms with van der Waals surface area (Å²) in [7, 11) is 3.17. The molecule has 0 N–H and O–H groups in total. The molecule has 0 spiro atoms. The molecule has 4 rings (SSSR count). The molecule has 6 nitrogen and oxygen atoms in total. The van der Waals surface area contributed by atoms with Gasteiger partial charge in [-0.3, -0.25) is 14.6 Å². The third-order valence-corrected chi connectivity index (χ3v) is 7.14. The third-order valence-electron chi connectivity index (χ3n) is 7.14. The van der Waals surface area contributed by atoms with Crippen molar-refractivity contribution < 1.29 is 21.5 Å². The molecular formula is C33H38N2O4. The van der Waals surface area contributed by atoms with Gasteiger partial charge >= 0.3 is 5.97 Å². The fraction of sp³-hybridized carbons (Fsp3) is 0.364. The van der Waals surface area contributed by atoms with Crippen LogP contribution in [0, 0.1) is 20.8 Å². The summed E-state index contributed by atoms with van der Waals surface area (Å²) in [6, 6.07) is 11.9. The van der Waals surface area contributed by atoms with Crippen LogP contribution < -0.4 is 5.36 Å². The van der Waals surface area contributed by atoms with E-state index >= 15 is 0 Å². The minimum Gasteiger partial charge on any atom is -0.469 e. The van der Waals surface area contributed by atoms with Crippen molar-refractivity contribution in [3.63, 3.8) is 0 Å². The van der Waals surface area contributed by atoms with E-state index in [0.717, 1.165) is 46.0 Å². The molecule has 2 aromatic carbocycles. The molecule has 0 bridgehead atoms. The number of nitrogens with zero attached hydrogens (tertiary/aromatic N) is 2. The van der Waals surface area contributed by atoms with Crippen molar-refractivity contribution in [3.8, 4) is 22.5 Å². The second-order valence-corrected chi connectivity index (χ2v) is 9.97. The molecule has 1 heterocycles. The summed E-state index contributed by atoms with van der Waals surface area (Å²) in [6.07, 6.45) is 2.67. The Morgan fingerprint density at radius 2 is 1.77 bits per heavy atom. The van der Waals surface area contributed by atoms with Crippen LogP contribution in [0.5, 0.6) is 0 Å². The molecule has 39 heavy (non-hydrogen) atoms. The Balaban J connectivity index is 1.88. The Morgan fingerprint density at radius 1 is 1.00 bits per heavy atom. The monoisotopic (exact) mass is 528 g/mol. The highest BCUT2D eigenvalue weighted by molar-refractivity contribution is 6.09. The molecule has 0 unspecified atom stereocenters. The number of aryl methyl sites for hydroxylation is 2. The van der Waals surface area contributed by atoms with Gasteiger partial charge < -0.3 is 14.1 Å². The van der Waals surface area contributed by atoms with Gasteiger partial charge in [0.25, 0.3) is 5.91 Å². The van der Waals surface area contributed by atoms with Crippen molar-refractivity contribution in [1.82, 2.24) is 4.90 Å². The van der Waals surface area contributed by atoms with Crippen LogP contribution in [0.4, 0.5) is 0 Å². The van der Waals surface area contributed by atoms with Gasteiger partial charge in [0.2, 0.25) is 0 Å². The van der Waals surface area contributed by atoms with Crippen LogP contribution in [-0.4, -0.2) is 44.0 Å². The van der Waals surface area contributed by atoms with E-state index < -0.39 is 0 Å². The summed E-state index contributed by atoms with van der Waals surface area (Å²) < 4.78 is 28.9. The molecule has 2 aromatic rings. The summed E-state index contributed by atoms with van der Waals surface area (Å²) >= 11 is 0. The predicted molar refractivity (Wildman–Crippen MR) is 156 cm³/mol. The van der Waals surface area contributed by atoms with Gasteiger partial charge in [0.1, 0.15) is 11.3 Å². The maximum atomic E-state index is 13.8. The molecule has 0 saturated carbocycles. The highest BCUT2D eigenvalue weighted by Gasteiger charge is 2.23. The molecular weight excluding hydrogens is 488 g/mol. The minimum atomic E-state index is -0.222. The normalized spacial score (nSPS) is 12.5. The Kier molecular flexibility index (Phi) is 7.99. The first-order chi connectivity index (χ1) is 19.6. The number of hydrogen-bond acceptors (Lipinski definition) is 5. The number of rotatable bonds is 9. The van der Waals surface area contributed by atoms with E-state index in [1.165, 1.54) is 7.11 Å². The largest absolute Gasteiger partial charge is 0.469 e. The number of carbonyl (C=O) groups excluding carboxylic acids is 2. The standard InChI is InChI=1S/C33H38N2O4/c1-7-34-28-20-30-27(18-23(28)4)32(26-17-21(2)22(3)19-29(26)39-30)24-13-10-11-14-25(24)33(37)35(5)16-12-8-9-15-31(36)38-6/h10-11,13-14,17-20H,7-9,12,15-16H2,1-6H3/b34-28-/i19D,20D. The smallest absolute Gasteiger partial charge is 0.305 e. The molecule has 6 heteroatoms. The summed E-state index contributed by atoms with van der Waals surface area (Å²) in [5, 5.41) is 1.30. The van der Waals surface area contributed by atoms with Crippen molar-refractivity contribution in [2.75, 3.05) is 27.2 Å². The van der Waals surface area contributed by atoms with Crippen LogP contribution in [0.15, 0.2) is 57.9 Å². The highest BCUT2D eigenvalue weighted by atomic mass is 16.5. The summed E-state index contributed by atoms with van der Waals surface area (Å²) in [6.45, 7) is 8.80. The van der Waals surface area contributed by atoms with E-state index in [-0.39, 0.29) is 24.0 Å². The molecule has 0 atom stereocenters. The number of esters is 1. The third kappa shape index (κ3) is 6.06. The average molecular weight is 529 g/mol. The molecule has 0 fully saturated rings. The molecule has 204 valence electrons. The van der Waals surface area contributed by atoms with Crippen LogP contribution in [0.2, 0.25) is 0 Å². The number of fused-ring (bicyclic) bond motifs is 2. The Hall–Kier alpha value is -3.93. The van der Waals surface area contributed by atoms with Crippen molar-refractivity contribution in [1.29, 1.82) is 0 Å². The molecule has 1 aliphatic heterocycles. The number of hydrogen-bond donors (Lipinski definition) is 0. The van der Waals surface area contributed by atoms with Crippen LogP contribution in [0.25, 0.3) is 33.4 Å². The van der Waals surface area contributed by atoms with Crippen LogP contribution >= 0.6 is 0 Å². The zero-order valence-corrected chi connectivity index (χ0v) is 23.7. The van der Waals surface area contributed by atoms with Crippen LogP contribution in [0.3, 0.4) is 0 Å². The number of methoxy groups -OCH3 is 1. The molecule has 2 aliphatic rings. The summed E-state index contributed by atoms with van der Waals surface area (Å²) in [4.78, 5) is 31.5. The zero-order chi connectivity index (χ0) is 29.8. The lowest BCUT2D eigenvalue weighted by atomic mass is 9.88. The maximum absolute atomic E-state index is 13.8. The van der Waals surface area contributed by atoms with Gasteiger partial charge in [-0.25, -0.2) is 0 Å². The first kappa shape index (κ1) is 25.4. The molecule has 1 aliphatic carbocycles. The SMILES string of the molecule is [2H]c1c2oc3c([2H])c(C)c(C)cc3c(-c3ccccc3C(=O)N(C)CCCCCC(=O)OC)c-2cc(C)/c1=N\CC. The topological polar surface area (TPSA) is 72.1 Å². The van der Waals surface area contributed by atoms with Gasteiger partial charge in [-0.2, -0.15) is 0 Å². The fourth-order valence-corrected chi connectivity index (χ4v) is 4.83.